The predicted octanol–water partition coefficient (Wildman–Crippen LogP) is 5.00. The van der Waals surface area contributed by atoms with Crippen molar-refractivity contribution in [1.29, 1.82) is 0 Å². The van der Waals surface area contributed by atoms with Gasteiger partial charge in [0.1, 0.15) is 23.0 Å². The number of rotatable bonds is 5. The minimum absolute atomic E-state index is 0.0429. The number of ketones is 1. The van der Waals surface area contributed by atoms with E-state index in [0.29, 0.717) is 11.3 Å². The zero-order chi connectivity index (χ0) is 24.6. The number of para-hydroxylation sites is 1. The number of carbonyl (C=O) groups is 2. The summed E-state index contributed by atoms with van der Waals surface area (Å²) >= 11 is 6.20. The molecule has 4 rings (SSSR count). The van der Waals surface area contributed by atoms with E-state index in [-0.39, 0.29) is 33.4 Å². The highest BCUT2D eigenvalue weighted by Gasteiger charge is 2.47. The Balaban J connectivity index is 2.03. The molecule has 1 amide bonds. The zero-order valence-corrected chi connectivity index (χ0v) is 19.5. The summed E-state index contributed by atoms with van der Waals surface area (Å²) in [5.41, 5.74) is 1.71. The maximum Gasteiger partial charge on any atom is 0.300 e. The second-order valence-electron chi connectivity index (χ2n) is 7.74. The smallest absolute Gasteiger partial charge is 0.300 e. The van der Waals surface area contributed by atoms with Crippen LogP contribution in [0.5, 0.6) is 17.2 Å². The van der Waals surface area contributed by atoms with Gasteiger partial charge in [-0.3, -0.25) is 14.5 Å². The van der Waals surface area contributed by atoms with Gasteiger partial charge in [0.15, 0.2) is 0 Å². The summed E-state index contributed by atoms with van der Waals surface area (Å²) in [6, 6.07) is 15.2. The Bertz CT molecular complexity index is 1330. The van der Waals surface area contributed by atoms with E-state index in [1.807, 2.05) is 19.1 Å². The largest absolute Gasteiger partial charge is 0.508 e. The summed E-state index contributed by atoms with van der Waals surface area (Å²) in [7, 11) is 2.81. The number of ether oxygens (including phenoxy) is 2. The van der Waals surface area contributed by atoms with Crippen molar-refractivity contribution in [3.8, 4) is 17.2 Å². The summed E-state index contributed by atoms with van der Waals surface area (Å²) in [5, 5.41) is 21.8. The lowest BCUT2D eigenvalue weighted by atomic mass is 9.94. The maximum atomic E-state index is 13.3. The number of aryl methyl sites for hydroxylation is 1. The van der Waals surface area contributed by atoms with Gasteiger partial charge in [0, 0.05) is 11.8 Å². The number of methoxy groups -OCH3 is 2. The van der Waals surface area contributed by atoms with Gasteiger partial charge in [-0.25, -0.2) is 0 Å². The van der Waals surface area contributed by atoms with E-state index in [9.17, 15) is 19.8 Å². The Morgan fingerprint density at radius 2 is 1.68 bits per heavy atom. The van der Waals surface area contributed by atoms with E-state index in [1.54, 1.807) is 24.3 Å². The molecule has 0 bridgehead atoms. The van der Waals surface area contributed by atoms with E-state index >= 15 is 0 Å². The van der Waals surface area contributed by atoms with Crippen LogP contribution >= 0.6 is 11.6 Å². The first kappa shape index (κ1) is 23.2. The Labute approximate surface area is 201 Å². The van der Waals surface area contributed by atoms with Gasteiger partial charge in [-0.05, 0) is 42.3 Å². The van der Waals surface area contributed by atoms with Crippen LogP contribution in [0.15, 0.2) is 66.2 Å². The van der Waals surface area contributed by atoms with E-state index < -0.39 is 23.5 Å². The standard InChI is InChI=1S/C26H22ClNO6/c1-14-7-4-5-10-19(14)28-23(15-8-6-9-16(29)11-15)22(25(31)26(28)32)24(30)17-12-21(34-3)18(27)13-20(17)33-2/h4-13,23,29-30H,1-3H3/b24-22+. The molecule has 1 saturated heterocycles. The molecule has 7 nitrogen and oxygen atoms in total. The number of carbonyl (C=O) groups excluding carboxylic acids is 2. The number of halogens is 1. The summed E-state index contributed by atoms with van der Waals surface area (Å²) in [4.78, 5) is 28.0. The second-order valence-corrected chi connectivity index (χ2v) is 8.14. The number of nitrogens with zero attached hydrogens (tertiary/aromatic N) is 1. The summed E-state index contributed by atoms with van der Waals surface area (Å²) < 4.78 is 10.6. The molecule has 0 spiro atoms. The minimum Gasteiger partial charge on any atom is -0.508 e. The van der Waals surface area contributed by atoms with Gasteiger partial charge in [-0.1, -0.05) is 41.9 Å². The number of hydrogen-bond donors (Lipinski definition) is 2. The van der Waals surface area contributed by atoms with Crippen LogP contribution in [-0.4, -0.2) is 36.1 Å². The molecule has 0 aromatic heterocycles. The molecule has 1 unspecified atom stereocenters. The molecular weight excluding hydrogens is 458 g/mol. The number of anilines is 1. The van der Waals surface area contributed by atoms with Crippen LogP contribution in [0.3, 0.4) is 0 Å². The number of aliphatic hydroxyl groups is 1. The highest BCUT2D eigenvalue weighted by molar-refractivity contribution is 6.51. The molecular formula is C26H22ClNO6. The van der Waals surface area contributed by atoms with Crippen LogP contribution in [0.4, 0.5) is 5.69 Å². The first-order valence-electron chi connectivity index (χ1n) is 10.4. The lowest BCUT2D eigenvalue weighted by molar-refractivity contribution is -0.132. The van der Waals surface area contributed by atoms with Gasteiger partial charge in [-0.2, -0.15) is 0 Å². The van der Waals surface area contributed by atoms with Crippen LogP contribution in [0.1, 0.15) is 22.7 Å². The first-order valence-corrected chi connectivity index (χ1v) is 10.7. The topological polar surface area (TPSA) is 96.3 Å². The molecule has 174 valence electrons. The predicted molar refractivity (Wildman–Crippen MR) is 129 cm³/mol. The Kier molecular flexibility index (Phi) is 6.22. The van der Waals surface area contributed by atoms with Crippen molar-refractivity contribution in [1.82, 2.24) is 0 Å². The van der Waals surface area contributed by atoms with E-state index in [1.165, 1.54) is 43.4 Å². The third-order valence-corrected chi connectivity index (χ3v) is 6.03. The molecule has 3 aromatic carbocycles. The molecule has 2 N–H and O–H groups in total. The molecule has 1 heterocycles. The molecule has 3 aromatic rings. The number of phenolic OH excluding ortho intramolecular Hbond substituents is 1. The minimum atomic E-state index is -1.00. The van der Waals surface area contributed by atoms with Crippen molar-refractivity contribution >= 4 is 34.7 Å². The average molecular weight is 480 g/mol. The second kappa shape index (κ2) is 9.11. The molecule has 8 heteroatoms. The molecule has 1 aliphatic rings. The van der Waals surface area contributed by atoms with Crippen LogP contribution in [0.25, 0.3) is 5.76 Å². The Hall–Kier alpha value is -3.97. The molecule has 0 saturated carbocycles. The van der Waals surface area contributed by atoms with E-state index in [4.69, 9.17) is 21.1 Å². The van der Waals surface area contributed by atoms with Crippen molar-refractivity contribution < 1.29 is 29.3 Å². The van der Waals surface area contributed by atoms with Gasteiger partial charge in [0.05, 0.1) is 36.4 Å². The van der Waals surface area contributed by atoms with Crippen molar-refractivity contribution in [3.63, 3.8) is 0 Å². The van der Waals surface area contributed by atoms with Crippen molar-refractivity contribution in [3.05, 3.63) is 87.9 Å². The first-order chi connectivity index (χ1) is 16.3. The SMILES string of the molecule is COc1cc(/C(O)=C2\C(=O)C(=O)N(c3ccccc3C)C2c2cccc(O)c2)c(OC)cc1Cl. The highest BCUT2D eigenvalue weighted by atomic mass is 35.5. The average Bonchev–Trinajstić information content (AvgIpc) is 3.09. The van der Waals surface area contributed by atoms with E-state index in [2.05, 4.69) is 0 Å². The van der Waals surface area contributed by atoms with Crippen molar-refractivity contribution in [2.24, 2.45) is 0 Å². The van der Waals surface area contributed by atoms with Gasteiger partial charge >= 0.3 is 0 Å². The molecule has 34 heavy (non-hydrogen) atoms. The Morgan fingerprint density at radius 3 is 2.32 bits per heavy atom. The van der Waals surface area contributed by atoms with Gasteiger partial charge < -0.3 is 19.7 Å². The van der Waals surface area contributed by atoms with Gasteiger partial charge in [0.25, 0.3) is 11.7 Å². The summed E-state index contributed by atoms with van der Waals surface area (Å²) in [5.74, 6) is -1.71. The highest BCUT2D eigenvalue weighted by Crippen LogP contribution is 2.45. The van der Waals surface area contributed by atoms with Crippen LogP contribution in [0.2, 0.25) is 5.02 Å². The van der Waals surface area contributed by atoms with Crippen molar-refractivity contribution in [2.45, 2.75) is 13.0 Å². The number of aliphatic hydroxyl groups excluding tert-OH is 1. The zero-order valence-electron chi connectivity index (χ0n) is 18.7. The number of aromatic hydroxyl groups is 1. The van der Waals surface area contributed by atoms with Crippen LogP contribution < -0.4 is 14.4 Å². The number of amides is 1. The number of Topliss-reactive ketones (excluding diaryl/α,β-unsaturated/α-hetero) is 1. The summed E-state index contributed by atoms with van der Waals surface area (Å²) in [6.45, 7) is 1.82. The van der Waals surface area contributed by atoms with Crippen molar-refractivity contribution in [2.75, 3.05) is 19.1 Å². The quantitative estimate of drug-likeness (QED) is 0.304. The normalized spacial score (nSPS) is 17.2. The fraction of sp³-hybridized carbons (Fsp3) is 0.154. The monoisotopic (exact) mass is 479 g/mol. The van der Waals surface area contributed by atoms with Crippen LogP contribution in [-0.2, 0) is 9.59 Å². The van der Waals surface area contributed by atoms with Gasteiger partial charge in [0.2, 0.25) is 0 Å². The molecule has 0 aliphatic carbocycles. The van der Waals surface area contributed by atoms with E-state index in [0.717, 1.165) is 5.56 Å². The van der Waals surface area contributed by atoms with Crippen LogP contribution in [0, 0.1) is 6.92 Å². The number of phenols is 1. The number of hydrogen-bond acceptors (Lipinski definition) is 6. The molecule has 1 aliphatic heterocycles. The molecule has 1 fully saturated rings. The third kappa shape index (κ3) is 3.84. The third-order valence-electron chi connectivity index (χ3n) is 5.73. The lowest BCUT2D eigenvalue weighted by Gasteiger charge is -2.27. The lowest BCUT2D eigenvalue weighted by Crippen LogP contribution is -2.30. The fourth-order valence-corrected chi connectivity index (χ4v) is 4.35. The fourth-order valence-electron chi connectivity index (χ4n) is 4.12. The van der Waals surface area contributed by atoms with Gasteiger partial charge in [-0.15, -0.1) is 0 Å². The molecule has 0 radical (unpaired) electrons. The molecule has 1 atom stereocenters. The maximum absolute atomic E-state index is 13.3. The number of benzene rings is 3. The summed E-state index contributed by atoms with van der Waals surface area (Å²) in [6.07, 6.45) is 0. The Morgan fingerprint density at radius 1 is 0.971 bits per heavy atom.